The predicted molar refractivity (Wildman–Crippen MR) is 112 cm³/mol. The highest BCUT2D eigenvalue weighted by atomic mass is 32.2. The third kappa shape index (κ3) is 6.81. The molecule has 27 heavy (non-hydrogen) atoms. The van der Waals surface area contributed by atoms with E-state index in [-0.39, 0.29) is 11.8 Å². The summed E-state index contributed by atoms with van der Waals surface area (Å²) in [6, 6.07) is 8.85. The number of nitrogens with one attached hydrogen (secondary N) is 2. The number of aliphatic imine (C=N–C) groups is 1. The van der Waals surface area contributed by atoms with Crippen molar-refractivity contribution in [3.05, 3.63) is 30.3 Å². The molecule has 6 nitrogen and oxygen atoms in total. The molecular weight excluding hydrogens is 360 g/mol. The van der Waals surface area contributed by atoms with Gasteiger partial charge < -0.3 is 15.5 Å². The van der Waals surface area contributed by atoms with Crippen LogP contribution in [0.25, 0.3) is 0 Å². The lowest BCUT2D eigenvalue weighted by Crippen LogP contribution is -2.52. The van der Waals surface area contributed by atoms with Gasteiger partial charge in [-0.3, -0.25) is 4.99 Å². The molecule has 152 valence electrons. The van der Waals surface area contributed by atoms with Gasteiger partial charge in [0.15, 0.2) is 15.8 Å². The fourth-order valence-electron chi connectivity index (χ4n) is 3.43. The monoisotopic (exact) mass is 394 g/mol. The lowest BCUT2D eigenvalue weighted by Gasteiger charge is -2.33. The van der Waals surface area contributed by atoms with Gasteiger partial charge in [-0.05, 0) is 44.4 Å². The third-order valence-electron chi connectivity index (χ3n) is 5.05. The average molecular weight is 395 g/mol. The lowest BCUT2D eigenvalue weighted by atomic mass is 10.1. The van der Waals surface area contributed by atoms with Gasteiger partial charge in [-0.2, -0.15) is 0 Å². The van der Waals surface area contributed by atoms with Gasteiger partial charge in [-0.15, -0.1) is 0 Å². The summed E-state index contributed by atoms with van der Waals surface area (Å²) in [5.41, 5.74) is 0. The minimum Gasteiger partial charge on any atom is -0.354 e. The maximum Gasteiger partial charge on any atom is 0.191 e. The summed E-state index contributed by atoms with van der Waals surface area (Å²) in [5.74, 6) is 0.752. The summed E-state index contributed by atoms with van der Waals surface area (Å²) in [7, 11) is -1.59. The lowest BCUT2D eigenvalue weighted by molar-refractivity contribution is 0.206. The van der Waals surface area contributed by atoms with E-state index in [4.69, 9.17) is 0 Å². The Bertz CT molecular complexity index is 683. The van der Waals surface area contributed by atoms with Crippen molar-refractivity contribution in [2.45, 2.75) is 56.5 Å². The van der Waals surface area contributed by atoms with Gasteiger partial charge >= 0.3 is 0 Å². The Morgan fingerprint density at radius 1 is 1.22 bits per heavy atom. The van der Waals surface area contributed by atoms with E-state index in [2.05, 4.69) is 27.4 Å². The van der Waals surface area contributed by atoms with E-state index < -0.39 is 9.84 Å². The molecule has 0 saturated carbocycles. The van der Waals surface area contributed by atoms with Crippen molar-refractivity contribution in [1.29, 1.82) is 0 Å². The topological polar surface area (TPSA) is 73.8 Å². The van der Waals surface area contributed by atoms with Crippen LogP contribution < -0.4 is 10.6 Å². The molecule has 0 aromatic heterocycles. The number of hydrogen-bond donors (Lipinski definition) is 2. The van der Waals surface area contributed by atoms with E-state index >= 15 is 0 Å². The largest absolute Gasteiger partial charge is 0.354 e. The van der Waals surface area contributed by atoms with E-state index in [0.717, 1.165) is 32.5 Å². The Labute approximate surface area is 164 Å². The Kier molecular flexibility index (Phi) is 8.57. The number of guanidine groups is 1. The molecule has 1 unspecified atom stereocenters. The highest BCUT2D eigenvalue weighted by Gasteiger charge is 2.23. The second-order valence-corrected chi connectivity index (χ2v) is 9.21. The zero-order chi connectivity index (χ0) is 19.7. The molecule has 1 atom stereocenters. The smallest absolute Gasteiger partial charge is 0.191 e. The van der Waals surface area contributed by atoms with Crippen molar-refractivity contribution in [1.82, 2.24) is 15.5 Å². The predicted octanol–water partition coefficient (Wildman–Crippen LogP) is 2.28. The van der Waals surface area contributed by atoms with Crippen LogP contribution in [0.4, 0.5) is 0 Å². The Morgan fingerprint density at radius 3 is 2.44 bits per heavy atom. The molecule has 0 radical (unpaired) electrons. The Balaban J connectivity index is 1.90. The molecule has 2 rings (SSSR count). The first-order valence-corrected chi connectivity index (χ1v) is 11.6. The molecule has 0 aliphatic carbocycles. The van der Waals surface area contributed by atoms with E-state index in [9.17, 15) is 8.42 Å². The number of sulfone groups is 1. The third-order valence-corrected chi connectivity index (χ3v) is 6.88. The number of rotatable bonds is 8. The Hall–Kier alpha value is -1.60. The van der Waals surface area contributed by atoms with Crippen LogP contribution in [-0.2, 0) is 9.84 Å². The summed E-state index contributed by atoms with van der Waals surface area (Å²) in [4.78, 5) is 7.18. The Morgan fingerprint density at radius 2 is 1.89 bits per heavy atom. The SMILES string of the molecule is CCCN1CCC(NC(=NC)NC(CC)CS(=O)(=O)c2ccccc2)CC1. The van der Waals surface area contributed by atoms with E-state index in [1.807, 2.05) is 13.0 Å². The normalized spacial score (nSPS) is 18.3. The number of piperidine rings is 1. The fourth-order valence-corrected chi connectivity index (χ4v) is 5.04. The van der Waals surface area contributed by atoms with Crippen LogP contribution in [0.3, 0.4) is 0 Å². The maximum atomic E-state index is 12.7. The van der Waals surface area contributed by atoms with Crippen molar-refractivity contribution in [3.63, 3.8) is 0 Å². The maximum absolute atomic E-state index is 12.7. The summed E-state index contributed by atoms with van der Waals surface area (Å²) in [5, 5.41) is 6.79. The first-order chi connectivity index (χ1) is 13.0. The van der Waals surface area contributed by atoms with Crippen LogP contribution in [0.5, 0.6) is 0 Å². The molecule has 2 N–H and O–H groups in total. The molecule has 1 aliphatic rings. The minimum absolute atomic E-state index is 0.0587. The minimum atomic E-state index is -3.32. The van der Waals surface area contributed by atoms with Crippen molar-refractivity contribution in [3.8, 4) is 0 Å². The highest BCUT2D eigenvalue weighted by Crippen LogP contribution is 2.13. The molecule has 1 aromatic rings. The summed E-state index contributed by atoms with van der Waals surface area (Å²) < 4.78 is 25.3. The second kappa shape index (κ2) is 10.7. The quantitative estimate of drug-likeness (QED) is 0.523. The standard InChI is InChI=1S/C20H34N4O2S/c1-4-13-24-14-11-18(12-15-24)23-20(21-3)22-17(5-2)16-27(25,26)19-9-7-6-8-10-19/h6-10,17-18H,4-5,11-16H2,1-3H3,(H2,21,22,23). The van der Waals surface area contributed by atoms with Gasteiger partial charge in [0.2, 0.25) is 0 Å². The van der Waals surface area contributed by atoms with Crippen LogP contribution in [0, 0.1) is 0 Å². The molecule has 0 bridgehead atoms. The van der Waals surface area contributed by atoms with Crippen LogP contribution in [0.2, 0.25) is 0 Å². The van der Waals surface area contributed by atoms with E-state index in [1.54, 1.807) is 31.3 Å². The zero-order valence-corrected chi connectivity index (χ0v) is 17.6. The molecular formula is C20H34N4O2S. The second-order valence-electron chi connectivity index (χ2n) is 7.18. The summed E-state index contributed by atoms with van der Waals surface area (Å²) in [6.45, 7) is 7.57. The number of likely N-dealkylation sites (tertiary alicyclic amines) is 1. The van der Waals surface area contributed by atoms with Crippen molar-refractivity contribution in [2.75, 3.05) is 32.4 Å². The molecule has 0 spiro atoms. The van der Waals surface area contributed by atoms with Crippen molar-refractivity contribution in [2.24, 2.45) is 4.99 Å². The van der Waals surface area contributed by atoms with Crippen molar-refractivity contribution >= 4 is 15.8 Å². The van der Waals surface area contributed by atoms with Crippen LogP contribution >= 0.6 is 0 Å². The van der Waals surface area contributed by atoms with Gasteiger partial charge in [0.25, 0.3) is 0 Å². The zero-order valence-electron chi connectivity index (χ0n) is 16.8. The van der Waals surface area contributed by atoms with Gasteiger partial charge in [0.1, 0.15) is 0 Å². The molecule has 1 fully saturated rings. The molecule has 0 amide bonds. The molecule has 1 aliphatic heterocycles. The van der Waals surface area contributed by atoms with Crippen LogP contribution in [0.1, 0.15) is 39.5 Å². The number of benzene rings is 1. The number of hydrogen-bond acceptors (Lipinski definition) is 4. The van der Waals surface area contributed by atoms with Gasteiger partial charge in [-0.1, -0.05) is 32.0 Å². The van der Waals surface area contributed by atoms with E-state index in [1.165, 1.54) is 6.42 Å². The molecule has 1 heterocycles. The summed E-state index contributed by atoms with van der Waals surface area (Å²) >= 11 is 0. The molecule has 1 aromatic carbocycles. The fraction of sp³-hybridized carbons (Fsp3) is 0.650. The highest BCUT2D eigenvalue weighted by molar-refractivity contribution is 7.91. The molecule has 1 saturated heterocycles. The van der Waals surface area contributed by atoms with Gasteiger partial charge in [-0.25, -0.2) is 8.42 Å². The first kappa shape index (κ1) is 21.7. The number of nitrogens with zero attached hydrogens (tertiary/aromatic N) is 2. The van der Waals surface area contributed by atoms with Crippen LogP contribution in [0.15, 0.2) is 40.2 Å². The van der Waals surface area contributed by atoms with E-state index in [0.29, 0.717) is 23.3 Å². The van der Waals surface area contributed by atoms with Crippen molar-refractivity contribution < 1.29 is 8.42 Å². The van der Waals surface area contributed by atoms with Gasteiger partial charge in [0.05, 0.1) is 10.6 Å². The molecule has 7 heteroatoms. The first-order valence-electron chi connectivity index (χ1n) is 9.98. The average Bonchev–Trinajstić information content (AvgIpc) is 2.69. The summed E-state index contributed by atoms with van der Waals surface area (Å²) in [6.07, 6.45) is 4.07. The van der Waals surface area contributed by atoms with Gasteiger partial charge in [0, 0.05) is 32.2 Å². The van der Waals surface area contributed by atoms with Crippen LogP contribution in [-0.4, -0.2) is 63.8 Å².